The number of hydrogen-bond donors (Lipinski definition) is 2. The van der Waals surface area contributed by atoms with E-state index in [9.17, 15) is 8.42 Å². The summed E-state index contributed by atoms with van der Waals surface area (Å²) in [6.45, 7) is 2.31. The quantitative estimate of drug-likeness (QED) is 0.775. The summed E-state index contributed by atoms with van der Waals surface area (Å²) in [6.07, 6.45) is 1.64. The molecule has 1 heterocycles. The fourth-order valence-electron chi connectivity index (χ4n) is 0.822. The van der Waals surface area contributed by atoms with Crippen molar-refractivity contribution < 1.29 is 8.42 Å². The number of sulfonamides is 1. The van der Waals surface area contributed by atoms with Gasteiger partial charge < -0.3 is 5.32 Å². The van der Waals surface area contributed by atoms with Crippen LogP contribution in [0.2, 0.25) is 0 Å². The van der Waals surface area contributed by atoms with E-state index < -0.39 is 10.0 Å². The molecule has 0 atom stereocenters. The number of rotatable bonds is 5. The molecule has 0 aliphatic carbocycles. The first kappa shape index (κ1) is 11.4. The molecule has 14 heavy (non-hydrogen) atoms. The molecule has 7 heteroatoms. The first-order valence-corrected chi connectivity index (χ1v) is 6.58. The minimum atomic E-state index is -3.25. The molecule has 0 saturated heterocycles. The summed E-state index contributed by atoms with van der Waals surface area (Å²) in [5, 5.41) is 3.21. The van der Waals surface area contributed by atoms with Crippen molar-refractivity contribution in [2.24, 2.45) is 0 Å². The van der Waals surface area contributed by atoms with Gasteiger partial charge in [-0.25, -0.2) is 13.4 Å². The van der Waals surface area contributed by atoms with E-state index in [-0.39, 0.29) is 5.75 Å². The van der Waals surface area contributed by atoms with Gasteiger partial charge in [0.1, 0.15) is 0 Å². The van der Waals surface area contributed by atoms with Crippen LogP contribution in [-0.4, -0.2) is 32.7 Å². The van der Waals surface area contributed by atoms with Crippen molar-refractivity contribution in [3.63, 3.8) is 0 Å². The average Bonchev–Trinajstić information content (AvgIpc) is 2.47. The van der Waals surface area contributed by atoms with Gasteiger partial charge in [-0.1, -0.05) is 0 Å². The average molecular weight is 235 g/mol. The highest BCUT2D eigenvalue weighted by atomic mass is 32.2. The summed E-state index contributed by atoms with van der Waals surface area (Å²) in [6, 6.07) is 0. The Morgan fingerprint density at radius 3 is 2.79 bits per heavy atom. The largest absolute Gasteiger partial charge is 0.319 e. The molecule has 1 rings (SSSR count). The maximum atomic E-state index is 11.4. The Morgan fingerprint density at radius 2 is 2.29 bits per heavy atom. The van der Waals surface area contributed by atoms with Crippen LogP contribution in [0.3, 0.4) is 0 Å². The maximum Gasteiger partial charge on any atom is 0.235 e. The van der Waals surface area contributed by atoms with Crippen molar-refractivity contribution in [3.8, 4) is 0 Å². The van der Waals surface area contributed by atoms with E-state index in [1.54, 1.807) is 13.2 Å². The molecular weight excluding hydrogens is 222 g/mol. The van der Waals surface area contributed by atoms with E-state index in [4.69, 9.17) is 0 Å². The van der Waals surface area contributed by atoms with E-state index in [0.29, 0.717) is 11.7 Å². The number of aromatic nitrogens is 1. The van der Waals surface area contributed by atoms with E-state index >= 15 is 0 Å². The lowest BCUT2D eigenvalue weighted by molar-refractivity contribution is 0.598. The van der Waals surface area contributed by atoms with Crippen LogP contribution in [0.1, 0.15) is 4.88 Å². The zero-order chi connectivity index (χ0) is 10.6. The van der Waals surface area contributed by atoms with Crippen LogP contribution in [0.25, 0.3) is 0 Å². The smallest absolute Gasteiger partial charge is 0.235 e. The molecule has 0 unspecified atom stereocenters. The summed E-state index contributed by atoms with van der Waals surface area (Å²) >= 11 is 1.33. The summed E-state index contributed by atoms with van der Waals surface area (Å²) in [5.41, 5.74) is 0. The van der Waals surface area contributed by atoms with Crippen LogP contribution in [0, 0.1) is 6.92 Å². The number of anilines is 1. The van der Waals surface area contributed by atoms with Crippen LogP contribution >= 0.6 is 11.3 Å². The maximum absolute atomic E-state index is 11.4. The van der Waals surface area contributed by atoms with Gasteiger partial charge in [0.25, 0.3) is 0 Å². The van der Waals surface area contributed by atoms with Crippen molar-refractivity contribution >= 4 is 26.5 Å². The number of hydrogen-bond acceptors (Lipinski definition) is 5. The Kier molecular flexibility index (Phi) is 3.85. The second kappa shape index (κ2) is 4.72. The molecule has 0 bridgehead atoms. The minimum Gasteiger partial charge on any atom is -0.319 e. The third-order valence-electron chi connectivity index (χ3n) is 1.48. The van der Waals surface area contributed by atoms with Gasteiger partial charge in [0.15, 0.2) is 5.13 Å². The molecule has 0 aromatic carbocycles. The Balaban J connectivity index is 2.59. The molecule has 0 spiro atoms. The molecule has 80 valence electrons. The van der Waals surface area contributed by atoms with Gasteiger partial charge in [0.2, 0.25) is 10.0 Å². The Labute approximate surface area is 87.6 Å². The lowest BCUT2D eigenvalue weighted by Crippen LogP contribution is -2.24. The van der Waals surface area contributed by atoms with Gasteiger partial charge >= 0.3 is 0 Å². The Morgan fingerprint density at radius 1 is 1.57 bits per heavy atom. The Hall–Kier alpha value is -0.660. The van der Waals surface area contributed by atoms with Crippen molar-refractivity contribution in [2.45, 2.75) is 6.92 Å². The van der Waals surface area contributed by atoms with Crippen LogP contribution in [-0.2, 0) is 10.0 Å². The lowest BCUT2D eigenvalue weighted by atomic mass is 10.7. The van der Waals surface area contributed by atoms with Gasteiger partial charge in [0.05, 0.1) is 5.75 Å². The SMILES string of the molecule is CNCCS(=O)(=O)Nc1ncc(C)s1. The fraction of sp³-hybridized carbons (Fsp3) is 0.571. The highest BCUT2D eigenvalue weighted by Gasteiger charge is 2.11. The minimum absolute atomic E-state index is 0.0577. The molecule has 2 N–H and O–H groups in total. The normalized spacial score (nSPS) is 11.6. The van der Waals surface area contributed by atoms with Crippen LogP contribution < -0.4 is 10.0 Å². The van der Waals surface area contributed by atoms with Crippen molar-refractivity contribution in [1.82, 2.24) is 10.3 Å². The standard InChI is InChI=1S/C7H13N3O2S2/c1-6-5-9-7(13-6)10-14(11,12)4-3-8-2/h5,8H,3-4H2,1-2H3,(H,9,10). The summed E-state index contributed by atoms with van der Waals surface area (Å²) < 4.78 is 25.2. The number of thiazole rings is 1. The van der Waals surface area contributed by atoms with E-state index in [2.05, 4.69) is 15.0 Å². The topological polar surface area (TPSA) is 71.1 Å². The van der Waals surface area contributed by atoms with E-state index in [1.165, 1.54) is 11.3 Å². The van der Waals surface area contributed by atoms with Crippen LogP contribution in [0.4, 0.5) is 5.13 Å². The van der Waals surface area contributed by atoms with Crippen molar-refractivity contribution in [1.29, 1.82) is 0 Å². The fourth-order valence-corrected chi connectivity index (χ4v) is 2.78. The molecule has 5 nitrogen and oxygen atoms in total. The Bertz CT molecular complexity index is 385. The zero-order valence-corrected chi connectivity index (χ0v) is 9.70. The van der Waals surface area contributed by atoms with E-state index in [1.807, 2.05) is 6.92 Å². The lowest BCUT2D eigenvalue weighted by Gasteiger charge is -2.03. The summed E-state index contributed by atoms with van der Waals surface area (Å²) in [7, 11) is -1.54. The predicted molar refractivity (Wildman–Crippen MR) is 58.2 cm³/mol. The van der Waals surface area contributed by atoms with E-state index in [0.717, 1.165) is 4.88 Å². The number of nitrogens with one attached hydrogen (secondary N) is 2. The first-order chi connectivity index (χ1) is 6.53. The summed E-state index contributed by atoms with van der Waals surface area (Å²) in [4.78, 5) is 4.90. The zero-order valence-electron chi connectivity index (χ0n) is 8.07. The van der Waals surface area contributed by atoms with Crippen LogP contribution in [0.15, 0.2) is 6.20 Å². The molecule has 0 radical (unpaired) electrons. The monoisotopic (exact) mass is 235 g/mol. The van der Waals surface area contributed by atoms with Crippen LogP contribution in [0.5, 0.6) is 0 Å². The third kappa shape index (κ3) is 3.60. The van der Waals surface area contributed by atoms with Gasteiger partial charge in [0, 0.05) is 17.6 Å². The van der Waals surface area contributed by atoms with Gasteiger partial charge in [-0.15, -0.1) is 11.3 Å². The molecule has 0 aliphatic heterocycles. The predicted octanol–water partition coefficient (Wildman–Crippen LogP) is 0.413. The van der Waals surface area contributed by atoms with Gasteiger partial charge in [-0.2, -0.15) is 0 Å². The highest BCUT2D eigenvalue weighted by Crippen LogP contribution is 2.17. The van der Waals surface area contributed by atoms with Crippen molar-refractivity contribution in [3.05, 3.63) is 11.1 Å². The molecule has 0 fully saturated rings. The highest BCUT2D eigenvalue weighted by molar-refractivity contribution is 7.92. The molecule has 0 amide bonds. The molecule has 0 aliphatic rings. The number of nitrogens with zero attached hydrogens (tertiary/aromatic N) is 1. The first-order valence-electron chi connectivity index (χ1n) is 4.11. The molecule has 0 saturated carbocycles. The molecule has 1 aromatic rings. The molecular formula is C7H13N3O2S2. The second-order valence-electron chi connectivity index (χ2n) is 2.80. The second-order valence-corrected chi connectivity index (χ2v) is 5.88. The molecule has 1 aromatic heterocycles. The summed E-state index contributed by atoms with van der Waals surface area (Å²) in [5.74, 6) is 0.0577. The van der Waals surface area contributed by atoms with Crippen molar-refractivity contribution in [2.75, 3.05) is 24.1 Å². The third-order valence-corrected chi connectivity index (χ3v) is 3.69. The van der Waals surface area contributed by atoms with Gasteiger partial charge in [-0.05, 0) is 14.0 Å². The van der Waals surface area contributed by atoms with Gasteiger partial charge in [-0.3, -0.25) is 4.72 Å². The number of aryl methyl sites for hydroxylation is 1.